The number of nitrogens with zero attached hydrogens (tertiary/aromatic N) is 3. The molecular formula is C36H36BrN3O6. The van der Waals surface area contributed by atoms with Gasteiger partial charge in [0.05, 0.1) is 25.9 Å². The minimum Gasteiger partial charge on any atom is -0.491 e. The molecule has 238 valence electrons. The summed E-state index contributed by atoms with van der Waals surface area (Å²) >= 11 is 3.48. The zero-order valence-corrected chi connectivity index (χ0v) is 27.3. The number of benzene rings is 3. The predicted octanol–water partition coefficient (Wildman–Crippen LogP) is 4.95. The van der Waals surface area contributed by atoms with Gasteiger partial charge in [-0.25, -0.2) is 0 Å². The van der Waals surface area contributed by atoms with Crippen molar-refractivity contribution < 1.29 is 24.5 Å². The topological polar surface area (TPSA) is 112 Å². The van der Waals surface area contributed by atoms with Crippen LogP contribution in [-0.4, -0.2) is 51.8 Å². The monoisotopic (exact) mass is 685 g/mol. The number of rotatable bonds is 12. The summed E-state index contributed by atoms with van der Waals surface area (Å²) in [5.41, 5.74) is 1.18. The van der Waals surface area contributed by atoms with E-state index in [9.17, 15) is 24.6 Å². The molecule has 2 heterocycles. The molecule has 9 nitrogen and oxygen atoms in total. The van der Waals surface area contributed by atoms with Gasteiger partial charge in [0.15, 0.2) is 11.4 Å². The summed E-state index contributed by atoms with van der Waals surface area (Å²) in [6.45, 7) is 2.32. The van der Waals surface area contributed by atoms with Gasteiger partial charge in [0, 0.05) is 47.3 Å². The Labute approximate surface area is 276 Å². The number of aliphatic hydroxyl groups is 2. The summed E-state index contributed by atoms with van der Waals surface area (Å²) in [6, 6.07) is 25.5. The molecule has 0 radical (unpaired) electrons. The fourth-order valence-corrected chi connectivity index (χ4v) is 6.12. The normalized spacial score (nSPS) is 16.5. The Bertz CT molecular complexity index is 1810. The van der Waals surface area contributed by atoms with E-state index in [1.54, 1.807) is 65.4 Å². The third-order valence-corrected chi connectivity index (χ3v) is 8.70. The van der Waals surface area contributed by atoms with Gasteiger partial charge >= 0.3 is 0 Å². The van der Waals surface area contributed by atoms with Crippen LogP contribution in [0.25, 0.3) is 5.69 Å². The van der Waals surface area contributed by atoms with Crippen LogP contribution in [0.4, 0.5) is 5.69 Å². The Morgan fingerprint density at radius 2 is 1.78 bits per heavy atom. The molecule has 0 unspecified atom stereocenters. The van der Waals surface area contributed by atoms with Crippen LogP contribution in [0.1, 0.15) is 30.0 Å². The number of aromatic nitrogens is 1. The lowest BCUT2D eigenvalue weighted by Gasteiger charge is -2.28. The van der Waals surface area contributed by atoms with E-state index in [4.69, 9.17) is 4.74 Å². The molecule has 2 amide bonds. The molecule has 4 aromatic rings. The lowest BCUT2D eigenvalue weighted by molar-refractivity contribution is -0.139. The third kappa shape index (κ3) is 6.69. The Morgan fingerprint density at radius 3 is 2.52 bits per heavy atom. The average Bonchev–Trinajstić information content (AvgIpc) is 3.27. The number of hydrogen-bond acceptors (Lipinski definition) is 6. The van der Waals surface area contributed by atoms with Crippen molar-refractivity contribution in [3.63, 3.8) is 0 Å². The Hall–Kier alpha value is -4.51. The van der Waals surface area contributed by atoms with Gasteiger partial charge in [0.25, 0.3) is 11.5 Å². The fourth-order valence-electron chi connectivity index (χ4n) is 5.75. The Morgan fingerprint density at radius 1 is 1.02 bits per heavy atom. The van der Waals surface area contributed by atoms with Crippen LogP contribution in [0, 0.1) is 5.92 Å². The lowest BCUT2D eigenvalue weighted by atomic mass is 9.83. The second-order valence-corrected chi connectivity index (χ2v) is 12.1. The molecule has 10 heteroatoms. The van der Waals surface area contributed by atoms with Crippen molar-refractivity contribution in [2.45, 2.75) is 32.0 Å². The molecule has 1 aromatic heterocycles. The minimum atomic E-state index is -1.88. The number of methoxy groups -OCH3 is 1. The second kappa shape index (κ2) is 14.3. The van der Waals surface area contributed by atoms with E-state index < -0.39 is 17.4 Å². The van der Waals surface area contributed by atoms with Crippen molar-refractivity contribution in [3.05, 3.63) is 135 Å². The Kier molecular flexibility index (Phi) is 10.2. The van der Waals surface area contributed by atoms with Crippen molar-refractivity contribution in [3.8, 4) is 11.4 Å². The largest absolute Gasteiger partial charge is 0.491 e. The first-order chi connectivity index (χ1) is 22.2. The number of pyridine rings is 1. The van der Waals surface area contributed by atoms with Gasteiger partial charge < -0.3 is 24.7 Å². The zero-order valence-electron chi connectivity index (χ0n) is 25.7. The molecule has 0 aliphatic carbocycles. The first kappa shape index (κ1) is 32.9. The third-order valence-electron chi connectivity index (χ3n) is 8.21. The maximum absolute atomic E-state index is 14.1. The highest BCUT2D eigenvalue weighted by molar-refractivity contribution is 9.10. The molecule has 46 heavy (non-hydrogen) atoms. The summed E-state index contributed by atoms with van der Waals surface area (Å²) in [6.07, 6.45) is 5.07. The molecule has 0 bridgehead atoms. The van der Waals surface area contributed by atoms with Crippen LogP contribution in [0.2, 0.25) is 0 Å². The lowest BCUT2D eigenvalue weighted by Crippen LogP contribution is -2.44. The first-order valence-corrected chi connectivity index (χ1v) is 15.7. The SMILES string of the molecule is COc1cccn(-c2cccc(CN3C(=O)[C@@](O)([C@@H](C)/C=C/CC(=O)N(CCO)Cc4ccccc4)c4cc(Br)ccc43)c2)c1=O. The molecule has 1 aliphatic heterocycles. The van der Waals surface area contributed by atoms with Gasteiger partial charge in [0.1, 0.15) is 0 Å². The van der Waals surface area contributed by atoms with E-state index >= 15 is 0 Å². The second-order valence-electron chi connectivity index (χ2n) is 11.2. The van der Waals surface area contributed by atoms with Crippen LogP contribution in [0.5, 0.6) is 5.75 Å². The Balaban J connectivity index is 1.37. The number of amides is 2. The van der Waals surface area contributed by atoms with Crippen LogP contribution in [0.15, 0.2) is 113 Å². The van der Waals surface area contributed by atoms with E-state index in [0.29, 0.717) is 28.0 Å². The van der Waals surface area contributed by atoms with Gasteiger partial charge in [0.2, 0.25) is 5.91 Å². The van der Waals surface area contributed by atoms with Crippen LogP contribution in [-0.2, 0) is 28.3 Å². The number of ether oxygens (including phenoxy) is 1. The number of halogens is 1. The van der Waals surface area contributed by atoms with E-state index in [-0.39, 0.29) is 43.3 Å². The van der Waals surface area contributed by atoms with Crippen molar-refractivity contribution in [2.24, 2.45) is 5.92 Å². The highest BCUT2D eigenvalue weighted by Gasteiger charge is 2.52. The van der Waals surface area contributed by atoms with Gasteiger partial charge in [-0.3, -0.25) is 19.0 Å². The number of carbonyl (C=O) groups is 2. The maximum Gasteiger partial charge on any atom is 0.297 e. The van der Waals surface area contributed by atoms with Gasteiger partial charge in [-0.05, 0) is 53.6 Å². The van der Waals surface area contributed by atoms with Gasteiger partial charge in [-0.15, -0.1) is 0 Å². The molecule has 0 fully saturated rings. The fraction of sp³-hybridized carbons (Fsp3) is 0.250. The molecular weight excluding hydrogens is 650 g/mol. The number of aliphatic hydroxyl groups excluding tert-OH is 1. The van der Waals surface area contributed by atoms with E-state index in [1.165, 1.54) is 11.7 Å². The van der Waals surface area contributed by atoms with Crippen molar-refractivity contribution in [2.75, 3.05) is 25.2 Å². The molecule has 0 saturated carbocycles. The standard InChI is InChI=1S/C36H36BrN3O6/c1-25(9-6-15-33(42)38(19-20-41)23-26-10-4-3-5-11-26)36(45)30-22-28(37)16-17-31(30)40(35(36)44)24-27-12-7-13-29(21-27)39-18-8-14-32(46-2)34(39)43/h3-14,16-18,21-22,25,41,45H,15,19-20,23-24H2,1-2H3/b9-6+/t25-,36+/m0/s1. The minimum absolute atomic E-state index is 0.0485. The van der Waals surface area contributed by atoms with Crippen LogP contribution >= 0.6 is 15.9 Å². The number of anilines is 1. The first-order valence-electron chi connectivity index (χ1n) is 15.0. The highest BCUT2D eigenvalue weighted by atomic mass is 79.9. The molecule has 2 N–H and O–H groups in total. The van der Waals surface area contributed by atoms with E-state index in [0.717, 1.165) is 11.1 Å². The summed E-state index contributed by atoms with van der Waals surface area (Å²) < 4.78 is 7.38. The van der Waals surface area contributed by atoms with Gasteiger partial charge in [-0.2, -0.15) is 0 Å². The van der Waals surface area contributed by atoms with E-state index in [1.807, 2.05) is 54.6 Å². The highest BCUT2D eigenvalue weighted by Crippen LogP contribution is 2.46. The number of hydrogen-bond donors (Lipinski definition) is 2. The molecule has 2 atom stereocenters. The average molecular weight is 687 g/mol. The predicted molar refractivity (Wildman–Crippen MR) is 180 cm³/mol. The van der Waals surface area contributed by atoms with Crippen molar-refractivity contribution >= 4 is 33.4 Å². The smallest absolute Gasteiger partial charge is 0.297 e. The van der Waals surface area contributed by atoms with Crippen LogP contribution in [0.3, 0.4) is 0 Å². The molecule has 5 rings (SSSR count). The molecule has 0 saturated heterocycles. The van der Waals surface area contributed by atoms with Crippen LogP contribution < -0.4 is 15.2 Å². The summed E-state index contributed by atoms with van der Waals surface area (Å²) in [5.74, 6) is -1.12. The summed E-state index contributed by atoms with van der Waals surface area (Å²) in [4.78, 5) is 43.1. The van der Waals surface area contributed by atoms with Gasteiger partial charge in [-0.1, -0.05) is 77.5 Å². The van der Waals surface area contributed by atoms with Crippen molar-refractivity contribution in [1.82, 2.24) is 9.47 Å². The number of carbonyl (C=O) groups excluding carboxylic acids is 2. The summed E-state index contributed by atoms with van der Waals surface area (Å²) in [7, 11) is 1.44. The molecule has 3 aromatic carbocycles. The quantitative estimate of drug-likeness (QED) is 0.204. The zero-order chi connectivity index (χ0) is 32.8. The molecule has 1 aliphatic rings. The molecule has 0 spiro atoms. The van der Waals surface area contributed by atoms with Crippen molar-refractivity contribution in [1.29, 1.82) is 0 Å². The van der Waals surface area contributed by atoms with E-state index in [2.05, 4.69) is 15.9 Å². The summed E-state index contributed by atoms with van der Waals surface area (Å²) in [5, 5.41) is 21.6. The maximum atomic E-state index is 14.1. The number of fused-ring (bicyclic) bond motifs is 1.